The predicted molar refractivity (Wildman–Crippen MR) is 57.4 cm³/mol. The number of nitrogens with one attached hydrogen (secondary N) is 2. The van der Waals surface area contributed by atoms with Crippen molar-refractivity contribution in [3.05, 3.63) is 12.7 Å². The fourth-order valence-corrected chi connectivity index (χ4v) is 1.94. The van der Waals surface area contributed by atoms with Gasteiger partial charge in [-0.05, 0) is 25.1 Å². The van der Waals surface area contributed by atoms with Crippen LogP contribution in [0, 0.1) is 0 Å². The molecule has 0 radical (unpaired) electrons. The van der Waals surface area contributed by atoms with Gasteiger partial charge in [-0.3, -0.25) is 5.43 Å². The minimum atomic E-state index is 0.534. The molecular formula is C8H13N5S. The summed E-state index contributed by atoms with van der Waals surface area (Å²) in [5.74, 6) is 0. The van der Waals surface area contributed by atoms with E-state index in [0.717, 1.165) is 0 Å². The van der Waals surface area contributed by atoms with Crippen LogP contribution in [0.4, 0.5) is 0 Å². The molecule has 0 bridgehead atoms. The molecule has 0 unspecified atom stereocenters. The summed E-state index contributed by atoms with van der Waals surface area (Å²) in [5, 5.41) is 11.2. The number of thiocarbonyl (C=S) groups is 1. The van der Waals surface area contributed by atoms with E-state index in [1.54, 1.807) is 17.3 Å². The van der Waals surface area contributed by atoms with E-state index in [4.69, 9.17) is 12.2 Å². The summed E-state index contributed by atoms with van der Waals surface area (Å²) in [6.45, 7) is 0. The van der Waals surface area contributed by atoms with Crippen LogP contribution < -0.4 is 10.7 Å². The van der Waals surface area contributed by atoms with Gasteiger partial charge in [0.25, 0.3) is 0 Å². The quantitative estimate of drug-likeness (QED) is 0.703. The summed E-state index contributed by atoms with van der Waals surface area (Å²) in [6.07, 6.45) is 8.17. The number of nitrogens with zero attached hydrogens (tertiary/aromatic N) is 3. The summed E-state index contributed by atoms with van der Waals surface area (Å²) in [4.78, 5) is 0. The van der Waals surface area contributed by atoms with E-state index < -0.39 is 0 Å². The highest BCUT2D eigenvalue weighted by atomic mass is 32.1. The zero-order valence-corrected chi connectivity index (χ0v) is 8.63. The van der Waals surface area contributed by atoms with Crippen molar-refractivity contribution in [2.75, 3.05) is 5.43 Å². The first kappa shape index (κ1) is 9.39. The molecule has 1 saturated carbocycles. The van der Waals surface area contributed by atoms with Crippen molar-refractivity contribution in [2.45, 2.75) is 31.7 Å². The summed E-state index contributed by atoms with van der Waals surface area (Å²) >= 11 is 5.14. The van der Waals surface area contributed by atoms with Gasteiger partial charge in [-0.25, -0.2) is 4.68 Å². The summed E-state index contributed by atoms with van der Waals surface area (Å²) in [5.41, 5.74) is 2.96. The smallest absolute Gasteiger partial charge is 0.185 e. The number of hydrogen-bond donors (Lipinski definition) is 2. The van der Waals surface area contributed by atoms with Crippen molar-refractivity contribution in [1.29, 1.82) is 0 Å². The Hall–Kier alpha value is -1.17. The number of hydrogen-bond acceptors (Lipinski definition) is 3. The third kappa shape index (κ3) is 2.41. The molecule has 5 nitrogen and oxygen atoms in total. The first-order valence-electron chi connectivity index (χ1n) is 4.77. The highest BCUT2D eigenvalue weighted by Crippen LogP contribution is 2.17. The molecule has 0 aliphatic heterocycles. The second kappa shape index (κ2) is 4.36. The predicted octanol–water partition coefficient (Wildman–Crippen LogP) is 0.639. The molecule has 2 rings (SSSR count). The van der Waals surface area contributed by atoms with Gasteiger partial charge in [0.15, 0.2) is 5.11 Å². The molecule has 2 N–H and O–H groups in total. The van der Waals surface area contributed by atoms with Gasteiger partial charge in [-0.15, -0.1) is 10.2 Å². The van der Waals surface area contributed by atoms with Crippen molar-refractivity contribution < 1.29 is 0 Å². The van der Waals surface area contributed by atoms with Crippen molar-refractivity contribution >= 4 is 17.3 Å². The lowest BCUT2D eigenvalue weighted by Crippen LogP contribution is -2.39. The molecule has 1 heterocycles. The lowest BCUT2D eigenvalue weighted by molar-refractivity contribution is 0.630. The Morgan fingerprint density at radius 2 is 1.93 bits per heavy atom. The minimum absolute atomic E-state index is 0.534. The van der Waals surface area contributed by atoms with Crippen molar-refractivity contribution in [3.63, 3.8) is 0 Å². The van der Waals surface area contributed by atoms with Crippen LogP contribution in [-0.4, -0.2) is 26.0 Å². The van der Waals surface area contributed by atoms with Gasteiger partial charge >= 0.3 is 0 Å². The van der Waals surface area contributed by atoms with Crippen molar-refractivity contribution in [2.24, 2.45) is 0 Å². The second-order valence-corrected chi connectivity index (χ2v) is 3.84. The molecule has 6 heteroatoms. The van der Waals surface area contributed by atoms with E-state index in [9.17, 15) is 0 Å². The molecule has 0 saturated heterocycles. The number of aromatic nitrogens is 3. The first-order chi connectivity index (χ1) is 6.84. The zero-order valence-electron chi connectivity index (χ0n) is 7.81. The molecule has 0 spiro atoms. The second-order valence-electron chi connectivity index (χ2n) is 3.44. The fraction of sp³-hybridized carbons (Fsp3) is 0.625. The first-order valence-corrected chi connectivity index (χ1v) is 5.17. The van der Waals surface area contributed by atoms with Crippen LogP contribution in [0.15, 0.2) is 12.7 Å². The highest BCUT2D eigenvalue weighted by Gasteiger charge is 2.15. The molecule has 1 aromatic heterocycles. The number of rotatable bonds is 2. The Morgan fingerprint density at radius 1 is 1.29 bits per heavy atom. The molecule has 76 valence electrons. The fourth-order valence-electron chi connectivity index (χ4n) is 1.66. The van der Waals surface area contributed by atoms with Gasteiger partial charge in [-0.1, -0.05) is 12.8 Å². The Labute approximate surface area is 87.9 Å². The van der Waals surface area contributed by atoms with Crippen LogP contribution in [-0.2, 0) is 0 Å². The van der Waals surface area contributed by atoms with Gasteiger partial charge in [0.2, 0.25) is 0 Å². The Balaban J connectivity index is 1.78. The van der Waals surface area contributed by atoms with Gasteiger partial charge in [0.05, 0.1) is 0 Å². The molecule has 1 fully saturated rings. The van der Waals surface area contributed by atoms with E-state index in [0.29, 0.717) is 11.2 Å². The van der Waals surface area contributed by atoms with Crippen LogP contribution in [0.1, 0.15) is 25.7 Å². The van der Waals surface area contributed by atoms with Gasteiger partial charge in [0, 0.05) is 6.04 Å². The van der Waals surface area contributed by atoms with Crippen LogP contribution in [0.2, 0.25) is 0 Å². The average molecular weight is 211 g/mol. The van der Waals surface area contributed by atoms with E-state index in [1.807, 2.05) is 0 Å². The van der Waals surface area contributed by atoms with Crippen molar-refractivity contribution in [1.82, 2.24) is 20.2 Å². The minimum Gasteiger partial charge on any atom is -0.359 e. The lowest BCUT2D eigenvalue weighted by atomic mass is 10.3. The molecule has 0 aromatic carbocycles. The summed E-state index contributed by atoms with van der Waals surface area (Å²) in [7, 11) is 0. The van der Waals surface area contributed by atoms with Crippen LogP contribution in [0.25, 0.3) is 0 Å². The zero-order chi connectivity index (χ0) is 9.80. The highest BCUT2D eigenvalue weighted by molar-refractivity contribution is 7.80. The van der Waals surface area contributed by atoms with Crippen LogP contribution in [0.5, 0.6) is 0 Å². The van der Waals surface area contributed by atoms with Crippen LogP contribution >= 0.6 is 12.2 Å². The van der Waals surface area contributed by atoms with Crippen molar-refractivity contribution in [3.8, 4) is 0 Å². The summed E-state index contributed by atoms with van der Waals surface area (Å²) < 4.78 is 1.63. The molecule has 1 aliphatic carbocycles. The molecule has 0 atom stereocenters. The largest absolute Gasteiger partial charge is 0.359 e. The summed E-state index contributed by atoms with van der Waals surface area (Å²) in [6, 6.07) is 0.534. The molecule has 1 aromatic rings. The third-order valence-corrected chi connectivity index (χ3v) is 2.55. The average Bonchev–Trinajstić information content (AvgIpc) is 2.76. The standard InChI is InChI=1S/C8H13N5S/c14-8(11-7-3-1-2-4-7)12-13-5-9-10-6-13/h5-7H,1-4H2,(H2,11,12,14). The Bertz CT molecular complexity index is 291. The van der Waals surface area contributed by atoms with Crippen LogP contribution in [0.3, 0.4) is 0 Å². The Kier molecular flexibility index (Phi) is 2.93. The molecule has 1 aliphatic rings. The normalized spacial score (nSPS) is 16.9. The molecular weight excluding hydrogens is 198 g/mol. The molecule has 14 heavy (non-hydrogen) atoms. The topological polar surface area (TPSA) is 54.8 Å². The maximum atomic E-state index is 5.14. The Morgan fingerprint density at radius 3 is 2.57 bits per heavy atom. The maximum absolute atomic E-state index is 5.14. The SMILES string of the molecule is S=C(NC1CCCC1)Nn1cnnc1. The molecule has 0 amide bonds. The van der Waals surface area contributed by atoms with E-state index in [2.05, 4.69) is 20.9 Å². The van der Waals surface area contributed by atoms with Gasteiger partial charge in [0.1, 0.15) is 12.7 Å². The third-order valence-electron chi connectivity index (χ3n) is 2.34. The maximum Gasteiger partial charge on any atom is 0.185 e. The lowest BCUT2D eigenvalue weighted by Gasteiger charge is -2.15. The van der Waals surface area contributed by atoms with Gasteiger partial charge < -0.3 is 5.32 Å². The van der Waals surface area contributed by atoms with E-state index in [1.165, 1.54) is 25.7 Å². The van der Waals surface area contributed by atoms with E-state index in [-0.39, 0.29) is 0 Å². The monoisotopic (exact) mass is 211 g/mol. The van der Waals surface area contributed by atoms with E-state index >= 15 is 0 Å². The van der Waals surface area contributed by atoms with Gasteiger partial charge in [-0.2, -0.15) is 0 Å².